The second kappa shape index (κ2) is 8.71. The molecule has 0 N–H and O–H groups in total. The number of rotatable bonds is 8. The van der Waals surface area contributed by atoms with Crippen LogP contribution in [0.1, 0.15) is 18.7 Å². The van der Waals surface area contributed by atoms with Crippen LogP contribution in [-0.2, 0) is 26.9 Å². The summed E-state index contributed by atoms with van der Waals surface area (Å²) in [5.41, 5.74) is 0. The number of hydrogen-bond acceptors (Lipinski definition) is 6. The maximum atomic E-state index is 12.6. The molecular weight excluding hydrogens is 384 g/mol. The highest BCUT2D eigenvalue weighted by Gasteiger charge is 2.23. The van der Waals surface area contributed by atoms with Crippen LogP contribution in [0.15, 0.2) is 53.0 Å². The molecule has 1 amide bonds. The molecule has 9 heteroatoms. The zero-order valence-corrected chi connectivity index (χ0v) is 16.6. The van der Waals surface area contributed by atoms with Gasteiger partial charge in [-0.1, -0.05) is 36.0 Å². The van der Waals surface area contributed by atoms with Crippen LogP contribution >= 0.6 is 11.8 Å². The number of allylic oxidation sites excluding steroid dienone is 1. The molecule has 0 spiro atoms. The Morgan fingerprint density at radius 1 is 1.19 bits per heavy atom. The van der Waals surface area contributed by atoms with Gasteiger partial charge in [-0.15, -0.1) is 16.8 Å². The van der Waals surface area contributed by atoms with Crippen LogP contribution < -0.4 is 0 Å². The molecule has 7 nitrogen and oxygen atoms in total. The number of benzene rings is 1. The number of thioether (sulfide) groups is 1. The van der Waals surface area contributed by atoms with Gasteiger partial charge in [0.25, 0.3) is 0 Å². The van der Waals surface area contributed by atoms with Crippen LogP contribution in [0.2, 0.25) is 0 Å². The molecule has 0 aliphatic carbocycles. The van der Waals surface area contributed by atoms with Crippen LogP contribution in [-0.4, -0.2) is 52.8 Å². The first-order chi connectivity index (χ1) is 13.0. The van der Waals surface area contributed by atoms with E-state index in [9.17, 15) is 13.2 Å². The monoisotopic (exact) mass is 406 g/mol. The molecule has 1 aromatic heterocycles. The normalized spacial score (nSPS) is 14.4. The molecule has 1 saturated heterocycles. The first-order valence-corrected chi connectivity index (χ1v) is 11.4. The fourth-order valence-electron chi connectivity index (χ4n) is 2.91. The summed E-state index contributed by atoms with van der Waals surface area (Å²) in [6, 6.07) is 8.27. The summed E-state index contributed by atoms with van der Waals surface area (Å²) in [6.07, 6.45) is 3.75. The highest BCUT2D eigenvalue weighted by molar-refractivity contribution is 7.99. The van der Waals surface area contributed by atoms with Crippen molar-refractivity contribution in [2.24, 2.45) is 0 Å². The highest BCUT2D eigenvalue weighted by Crippen LogP contribution is 2.22. The molecule has 3 rings (SSSR count). The number of likely N-dealkylation sites (tertiary alicyclic amines) is 1. The summed E-state index contributed by atoms with van der Waals surface area (Å²) in [5.74, 6) is 0.429. The van der Waals surface area contributed by atoms with Gasteiger partial charge in [0.1, 0.15) is 11.6 Å². The van der Waals surface area contributed by atoms with Gasteiger partial charge in [0.2, 0.25) is 5.91 Å². The molecule has 0 unspecified atom stereocenters. The minimum atomic E-state index is -3.53. The van der Waals surface area contributed by atoms with Crippen LogP contribution in [0.4, 0.5) is 0 Å². The average Bonchev–Trinajstić information content (AvgIpc) is 3.32. The quantitative estimate of drug-likeness (QED) is 0.493. The first kappa shape index (κ1) is 19.6. The summed E-state index contributed by atoms with van der Waals surface area (Å²) in [7, 11) is -3.53. The van der Waals surface area contributed by atoms with Gasteiger partial charge >= 0.3 is 0 Å². The summed E-state index contributed by atoms with van der Waals surface area (Å²) in [5, 5.41) is 8.69. The molecule has 144 valence electrons. The Bertz CT molecular complexity index is 904. The Morgan fingerprint density at radius 3 is 2.56 bits per heavy atom. The molecule has 1 fully saturated rings. The Hall–Kier alpha value is -2.13. The van der Waals surface area contributed by atoms with Crippen molar-refractivity contribution in [3.8, 4) is 0 Å². The van der Waals surface area contributed by atoms with Crippen LogP contribution in [0, 0.1) is 0 Å². The fourth-order valence-corrected chi connectivity index (χ4v) is 5.07. The van der Waals surface area contributed by atoms with E-state index < -0.39 is 9.84 Å². The lowest BCUT2D eigenvalue weighted by Crippen LogP contribution is -2.29. The number of nitrogens with zero attached hydrogens (tertiary/aromatic N) is 4. The predicted molar refractivity (Wildman–Crippen MR) is 104 cm³/mol. The van der Waals surface area contributed by atoms with Crippen LogP contribution in [0.5, 0.6) is 0 Å². The van der Waals surface area contributed by atoms with Gasteiger partial charge in [-0.3, -0.25) is 4.79 Å². The topological polar surface area (TPSA) is 85.2 Å². The van der Waals surface area contributed by atoms with E-state index in [-0.39, 0.29) is 22.3 Å². The van der Waals surface area contributed by atoms with Crippen molar-refractivity contribution in [2.75, 3.05) is 18.8 Å². The van der Waals surface area contributed by atoms with Crippen molar-refractivity contribution in [3.05, 3.63) is 48.8 Å². The lowest BCUT2D eigenvalue weighted by Gasteiger charge is -2.14. The molecule has 1 aromatic carbocycles. The second-order valence-corrected chi connectivity index (χ2v) is 9.18. The SMILES string of the molecule is C=CCn1c(CS(=O)(=O)c2ccccc2)nnc1SCC(=O)N1CCCC1. The maximum Gasteiger partial charge on any atom is 0.233 e. The minimum Gasteiger partial charge on any atom is -0.342 e. The molecule has 1 aliphatic heterocycles. The van der Waals surface area contributed by atoms with E-state index in [1.54, 1.807) is 41.0 Å². The predicted octanol–water partition coefficient (Wildman–Crippen LogP) is 2.15. The summed E-state index contributed by atoms with van der Waals surface area (Å²) >= 11 is 1.28. The summed E-state index contributed by atoms with van der Waals surface area (Å²) < 4.78 is 27.0. The largest absolute Gasteiger partial charge is 0.342 e. The number of hydrogen-bond donors (Lipinski definition) is 0. The van der Waals surface area contributed by atoms with E-state index in [1.807, 2.05) is 4.90 Å². The van der Waals surface area contributed by atoms with Crippen molar-refractivity contribution in [1.29, 1.82) is 0 Å². The fraction of sp³-hybridized carbons (Fsp3) is 0.389. The van der Waals surface area contributed by atoms with E-state index in [2.05, 4.69) is 16.8 Å². The molecule has 2 heterocycles. The van der Waals surface area contributed by atoms with Gasteiger partial charge in [0.15, 0.2) is 15.0 Å². The Balaban J connectivity index is 1.74. The zero-order chi connectivity index (χ0) is 19.3. The van der Waals surface area contributed by atoms with E-state index in [0.717, 1.165) is 25.9 Å². The zero-order valence-electron chi connectivity index (χ0n) is 15.0. The van der Waals surface area contributed by atoms with E-state index >= 15 is 0 Å². The van der Waals surface area contributed by atoms with Crippen molar-refractivity contribution in [1.82, 2.24) is 19.7 Å². The molecule has 0 saturated carbocycles. The first-order valence-electron chi connectivity index (χ1n) is 8.72. The maximum absolute atomic E-state index is 12.6. The summed E-state index contributed by atoms with van der Waals surface area (Å²) in [6.45, 7) is 5.71. The van der Waals surface area contributed by atoms with E-state index in [1.165, 1.54) is 11.8 Å². The van der Waals surface area contributed by atoms with E-state index in [0.29, 0.717) is 17.5 Å². The molecule has 27 heavy (non-hydrogen) atoms. The lowest BCUT2D eigenvalue weighted by atomic mass is 10.4. The Labute approximate surface area is 163 Å². The smallest absolute Gasteiger partial charge is 0.233 e. The Morgan fingerprint density at radius 2 is 1.89 bits per heavy atom. The standard InChI is InChI=1S/C18H22N4O3S2/c1-2-10-22-16(14-27(24,25)15-8-4-3-5-9-15)19-20-18(22)26-13-17(23)21-11-6-7-12-21/h2-5,8-9H,1,6-7,10-14H2. The van der Waals surface area contributed by atoms with Gasteiger partial charge < -0.3 is 9.47 Å². The second-order valence-electron chi connectivity index (χ2n) is 6.25. The third-order valence-electron chi connectivity index (χ3n) is 4.31. The third-order valence-corrected chi connectivity index (χ3v) is 6.89. The van der Waals surface area contributed by atoms with Crippen molar-refractivity contribution < 1.29 is 13.2 Å². The number of carbonyl (C=O) groups is 1. The van der Waals surface area contributed by atoms with E-state index in [4.69, 9.17) is 0 Å². The van der Waals surface area contributed by atoms with Crippen molar-refractivity contribution in [3.63, 3.8) is 0 Å². The number of carbonyl (C=O) groups excluding carboxylic acids is 1. The van der Waals surface area contributed by atoms with Gasteiger partial charge in [0, 0.05) is 19.6 Å². The lowest BCUT2D eigenvalue weighted by molar-refractivity contribution is -0.127. The average molecular weight is 407 g/mol. The molecule has 0 atom stereocenters. The highest BCUT2D eigenvalue weighted by atomic mass is 32.2. The molecule has 2 aromatic rings. The van der Waals surface area contributed by atoms with Gasteiger partial charge in [0.05, 0.1) is 10.6 Å². The molecule has 0 bridgehead atoms. The number of amides is 1. The van der Waals surface area contributed by atoms with Gasteiger partial charge in [-0.25, -0.2) is 8.42 Å². The summed E-state index contributed by atoms with van der Waals surface area (Å²) in [4.78, 5) is 14.3. The molecule has 0 radical (unpaired) electrons. The number of aromatic nitrogens is 3. The van der Waals surface area contributed by atoms with Gasteiger partial charge in [-0.05, 0) is 25.0 Å². The molecular formula is C18H22N4O3S2. The van der Waals surface area contributed by atoms with Crippen LogP contribution in [0.3, 0.4) is 0 Å². The van der Waals surface area contributed by atoms with Crippen molar-refractivity contribution >= 4 is 27.5 Å². The minimum absolute atomic E-state index is 0.0733. The number of sulfone groups is 1. The Kier molecular flexibility index (Phi) is 6.33. The van der Waals surface area contributed by atoms with Crippen LogP contribution in [0.25, 0.3) is 0 Å². The van der Waals surface area contributed by atoms with Crippen molar-refractivity contribution in [2.45, 2.75) is 35.2 Å². The third kappa shape index (κ3) is 4.78. The van der Waals surface area contributed by atoms with Gasteiger partial charge in [-0.2, -0.15) is 0 Å². The molecule has 1 aliphatic rings.